The summed E-state index contributed by atoms with van der Waals surface area (Å²) in [5.74, 6) is 0. The number of aryl methyl sites for hydroxylation is 1. The second-order valence-corrected chi connectivity index (χ2v) is 4.58. The summed E-state index contributed by atoms with van der Waals surface area (Å²) in [7, 11) is 1.92. The van der Waals surface area contributed by atoms with Crippen LogP contribution in [0.1, 0.15) is 5.69 Å². The van der Waals surface area contributed by atoms with E-state index in [-0.39, 0.29) is 0 Å². The lowest BCUT2D eigenvalue weighted by molar-refractivity contribution is -0.109. The molecule has 0 atom stereocenters. The minimum atomic E-state index is 0.608. The van der Waals surface area contributed by atoms with Crippen LogP contribution in [-0.2, 0) is 18.3 Å². The lowest BCUT2D eigenvalue weighted by Gasteiger charge is -2.02. The lowest BCUT2D eigenvalue weighted by atomic mass is 10.1. The first kappa shape index (κ1) is 12.4. The molecule has 3 aromatic heterocycles. The Kier molecular flexibility index (Phi) is 3.20. The molecule has 0 aromatic carbocycles. The molecule has 0 fully saturated rings. The van der Waals surface area contributed by atoms with Gasteiger partial charge in [0.05, 0.1) is 5.69 Å². The van der Waals surface area contributed by atoms with Crippen LogP contribution in [0.2, 0.25) is 0 Å². The van der Waals surface area contributed by atoms with Gasteiger partial charge in [-0.1, -0.05) is 0 Å². The van der Waals surface area contributed by atoms with Crippen LogP contribution in [-0.4, -0.2) is 32.7 Å². The Labute approximate surface area is 115 Å². The minimum absolute atomic E-state index is 0.608. The highest BCUT2D eigenvalue weighted by molar-refractivity contribution is 5.92. The van der Waals surface area contributed by atoms with Gasteiger partial charge in [0.1, 0.15) is 5.65 Å². The molecule has 0 unspecified atom stereocenters. The average molecular weight is 269 g/mol. The topological polar surface area (TPSA) is 75.6 Å². The molecule has 6 nitrogen and oxygen atoms in total. The molecule has 3 heterocycles. The van der Waals surface area contributed by atoms with Crippen LogP contribution in [0, 0.1) is 0 Å². The van der Waals surface area contributed by atoms with Crippen LogP contribution < -0.4 is 5.32 Å². The second-order valence-electron chi connectivity index (χ2n) is 4.58. The minimum Gasteiger partial charge on any atom is -0.358 e. The maximum atomic E-state index is 10.3. The largest absolute Gasteiger partial charge is 0.358 e. The molecule has 1 amide bonds. The van der Waals surface area contributed by atoms with Gasteiger partial charge in [0.15, 0.2) is 0 Å². The van der Waals surface area contributed by atoms with Gasteiger partial charge >= 0.3 is 0 Å². The van der Waals surface area contributed by atoms with E-state index in [0.29, 0.717) is 13.0 Å². The van der Waals surface area contributed by atoms with Gasteiger partial charge in [0.25, 0.3) is 0 Å². The quantitative estimate of drug-likeness (QED) is 0.540. The summed E-state index contributed by atoms with van der Waals surface area (Å²) in [4.78, 5) is 17.9. The molecule has 102 valence electrons. The van der Waals surface area contributed by atoms with Crippen molar-refractivity contribution in [1.29, 1.82) is 0 Å². The normalized spacial score (nSPS) is 10.8. The number of aromatic amines is 1. The molecular weight excluding hydrogens is 254 g/mol. The Hall–Kier alpha value is -2.63. The second kappa shape index (κ2) is 5.16. The van der Waals surface area contributed by atoms with Crippen molar-refractivity contribution in [2.45, 2.75) is 6.42 Å². The van der Waals surface area contributed by atoms with Gasteiger partial charge in [-0.2, -0.15) is 5.10 Å². The molecule has 0 aliphatic rings. The zero-order valence-electron chi connectivity index (χ0n) is 11.1. The molecule has 0 spiro atoms. The summed E-state index contributed by atoms with van der Waals surface area (Å²) in [6.07, 6.45) is 5.03. The standard InChI is InChI=1S/C14H15N5O/c1-19-13(4-7-17-19)11-3-6-16-14-12(11)8-10(18-14)2-5-15-9-20/h3-4,6-9H,2,5H2,1H3,(H,15,20)(H,16,18). The fraction of sp³-hybridized carbons (Fsp3) is 0.214. The third-order valence-corrected chi connectivity index (χ3v) is 3.31. The number of hydrogen-bond donors (Lipinski definition) is 2. The number of H-pyrrole nitrogens is 1. The van der Waals surface area contributed by atoms with Crippen molar-refractivity contribution in [3.8, 4) is 11.3 Å². The Balaban J connectivity index is 2.01. The van der Waals surface area contributed by atoms with Crippen LogP contribution in [0.5, 0.6) is 0 Å². The Bertz CT molecular complexity index is 743. The maximum absolute atomic E-state index is 10.3. The number of fused-ring (bicyclic) bond motifs is 1. The molecule has 2 N–H and O–H groups in total. The van der Waals surface area contributed by atoms with E-state index in [4.69, 9.17) is 0 Å². The monoisotopic (exact) mass is 269 g/mol. The summed E-state index contributed by atoms with van der Waals surface area (Å²) < 4.78 is 1.84. The van der Waals surface area contributed by atoms with Crippen molar-refractivity contribution in [3.63, 3.8) is 0 Å². The first-order valence-electron chi connectivity index (χ1n) is 6.41. The number of nitrogens with one attached hydrogen (secondary N) is 2. The SMILES string of the molecule is Cn1nccc1-c1ccnc2[nH]c(CCNC=O)cc12. The van der Waals surface area contributed by atoms with Gasteiger partial charge in [-0.15, -0.1) is 0 Å². The van der Waals surface area contributed by atoms with Crippen molar-refractivity contribution in [3.05, 3.63) is 36.3 Å². The van der Waals surface area contributed by atoms with Crippen LogP contribution in [0.15, 0.2) is 30.6 Å². The van der Waals surface area contributed by atoms with E-state index >= 15 is 0 Å². The van der Waals surface area contributed by atoms with Crippen LogP contribution in [0.3, 0.4) is 0 Å². The molecule has 0 saturated heterocycles. The summed E-state index contributed by atoms with van der Waals surface area (Å²) in [5.41, 5.74) is 4.05. The summed E-state index contributed by atoms with van der Waals surface area (Å²) in [6, 6.07) is 6.05. The lowest BCUT2D eigenvalue weighted by Crippen LogP contribution is -2.14. The van der Waals surface area contributed by atoms with Gasteiger partial charge in [-0.3, -0.25) is 9.48 Å². The average Bonchev–Trinajstić information content (AvgIpc) is 3.04. The smallest absolute Gasteiger partial charge is 0.207 e. The molecule has 3 aromatic rings. The Morgan fingerprint density at radius 3 is 3.05 bits per heavy atom. The fourth-order valence-electron chi connectivity index (χ4n) is 2.34. The molecule has 0 radical (unpaired) electrons. The highest BCUT2D eigenvalue weighted by atomic mass is 16.1. The number of carbonyl (C=O) groups is 1. The molecule has 0 aliphatic heterocycles. The molecule has 6 heteroatoms. The number of pyridine rings is 1. The van der Waals surface area contributed by atoms with Gasteiger partial charge in [-0.05, 0) is 18.2 Å². The van der Waals surface area contributed by atoms with Crippen molar-refractivity contribution < 1.29 is 4.79 Å². The van der Waals surface area contributed by atoms with E-state index in [1.165, 1.54) is 0 Å². The van der Waals surface area contributed by atoms with Crippen molar-refractivity contribution in [1.82, 2.24) is 25.1 Å². The number of rotatable bonds is 5. The first-order valence-corrected chi connectivity index (χ1v) is 6.41. The molecule has 3 rings (SSSR count). The van der Waals surface area contributed by atoms with Crippen molar-refractivity contribution in [2.75, 3.05) is 6.54 Å². The van der Waals surface area contributed by atoms with E-state index in [2.05, 4.69) is 26.4 Å². The molecule has 0 saturated carbocycles. The highest BCUT2D eigenvalue weighted by Gasteiger charge is 2.10. The zero-order chi connectivity index (χ0) is 13.9. The van der Waals surface area contributed by atoms with Crippen molar-refractivity contribution in [2.24, 2.45) is 7.05 Å². The third kappa shape index (κ3) is 2.16. The van der Waals surface area contributed by atoms with Gasteiger partial charge in [0.2, 0.25) is 6.41 Å². The maximum Gasteiger partial charge on any atom is 0.207 e. The fourth-order valence-corrected chi connectivity index (χ4v) is 2.34. The predicted octanol–water partition coefficient (Wildman–Crippen LogP) is 1.25. The van der Waals surface area contributed by atoms with Crippen LogP contribution >= 0.6 is 0 Å². The Morgan fingerprint density at radius 1 is 1.40 bits per heavy atom. The van der Waals surface area contributed by atoms with Crippen LogP contribution in [0.25, 0.3) is 22.3 Å². The first-order chi connectivity index (χ1) is 9.79. The number of nitrogens with zero attached hydrogens (tertiary/aromatic N) is 3. The predicted molar refractivity (Wildman–Crippen MR) is 76.1 cm³/mol. The number of hydrogen-bond acceptors (Lipinski definition) is 3. The molecule has 20 heavy (non-hydrogen) atoms. The Morgan fingerprint density at radius 2 is 2.30 bits per heavy atom. The third-order valence-electron chi connectivity index (χ3n) is 3.31. The molecule has 0 aliphatic carbocycles. The van der Waals surface area contributed by atoms with E-state index in [9.17, 15) is 4.79 Å². The highest BCUT2D eigenvalue weighted by Crippen LogP contribution is 2.27. The van der Waals surface area contributed by atoms with E-state index in [1.54, 1.807) is 12.4 Å². The van der Waals surface area contributed by atoms with Crippen molar-refractivity contribution >= 4 is 17.4 Å². The van der Waals surface area contributed by atoms with Gasteiger partial charge in [-0.25, -0.2) is 4.98 Å². The van der Waals surface area contributed by atoms with Crippen LogP contribution in [0.4, 0.5) is 0 Å². The van der Waals surface area contributed by atoms with E-state index in [0.717, 1.165) is 34.4 Å². The van der Waals surface area contributed by atoms with Gasteiger partial charge < -0.3 is 10.3 Å². The summed E-state index contributed by atoms with van der Waals surface area (Å²) >= 11 is 0. The number of amides is 1. The molecular formula is C14H15N5O. The summed E-state index contributed by atoms with van der Waals surface area (Å²) in [5, 5.41) is 7.93. The molecule has 0 bridgehead atoms. The summed E-state index contributed by atoms with van der Waals surface area (Å²) in [6.45, 7) is 0.608. The van der Waals surface area contributed by atoms with E-state index in [1.807, 2.05) is 23.9 Å². The van der Waals surface area contributed by atoms with E-state index < -0.39 is 0 Å². The number of carbonyl (C=O) groups excluding carboxylic acids is 1. The zero-order valence-corrected chi connectivity index (χ0v) is 11.1. The van der Waals surface area contributed by atoms with Gasteiger partial charge in [0, 0.05) is 49.1 Å². The number of aromatic nitrogens is 4.